The molecule has 0 amide bonds. The van der Waals surface area contributed by atoms with Gasteiger partial charge in [0.1, 0.15) is 17.5 Å². The molecule has 2 aliphatic rings. The van der Waals surface area contributed by atoms with Gasteiger partial charge in [-0.15, -0.1) is 0 Å². The SMILES string of the molecule is CC(=O)[C@H]1[C@H]2c3ccccc3O[C@]1(C)N=c1s/c(=C\c3cccc([N+](=O)[O-])c3)c(=O)n12. The van der Waals surface area contributed by atoms with Crippen molar-refractivity contribution < 1.29 is 14.5 Å². The van der Waals surface area contributed by atoms with Crippen molar-refractivity contribution >= 4 is 28.9 Å². The highest BCUT2D eigenvalue weighted by molar-refractivity contribution is 7.07. The van der Waals surface area contributed by atoms with E-state index in [1.807, 2.05) is 24.3 Å². The Morgan fingerprint density at radius 1 is 1.29 bits per heavy atom. The maximum Gasteiger partial charge on any atom is 0.270 e. The molecule has 0 radical (unpaired) electrons. The second-order valence-corrected chi connectivity index (χ2v) is 8.77. The van der Waals surface area contributed by atoms with Gasteiger partial charge in [-0.2, -0.15) is 0 Å². The van der Waals surface area contributed by atoms with Gasteiger partial charge in [0, 0.05) is 17.7 Å². The molecule has 5 rings (SSSR count). The van der Waals surface area contributed by atoms with Gasteiger partial charge in [-0.1, -0.05) is 41.7 Å². The van der Waals surface area contributed by atoms with Gasteiger partial charge in [0.05, 0.1) is 15.5 Å². The summed E-state index contributed by atoms with van der Waals surface area (Å²) in [7, 11) is 0. The Hall–Kier alpha value is -3.59. The van der Waals surface area contributed by atoms with Gasteiger partial charge in [0.15, 0.2) is 4.80 Å². The summed E-state index contributed by atoms with van der Waals surface area (Å²) in [4.78, 5) is 41.8. The van der Waals surface area contributed by atoms with Crippen LogP contribution in [-0.4, -0.2) is 21.0 Å². The molecule has 0 fully saturated rings. The number of carbonyl (C=O) groups excluding carboxylic acids is 1. The van der Waals surface area contributed by atoms with Gasteiger partial charge in [-0.25, -0.2) is 4.99 Å². The molecule has 0 unspecified atom stereocenters. The third kappa shape index (κ3) is 2.92. The molecular weight excluding hydrogens is 418 g/mol. The fourth-order valence-corrected chi connectivity index (χ4v) is 5.53. The first-order chi connectivity index (χ1) is 14.8. The van der Waals surface area contributed by atoms with Crippen LogP contribution >= 0.6 is 11.3 Å². The first-order valence-corrected chi connectivity index (χ1v) is 10.5. The number of fused-ring (bicyclic) bond motifs is 6. The van der Waals surface area contributed by atoms with Gasteiger partial charge in [0.2, 0.25) is 5.72 Å². The van der Waals surface area contributed by atoms with Crippen LogP contribution in [0.15, 0.2) is 58.3 Å². The maximum absolute atomic E-state index is 13.4. The zero-order chi connectivity index (χ0) is 21.9. The first kappa shape index (κ1) is 19.4. The second-order valence-electron chi connectivity index (χ2n) is 7.76. The molecule has 0 N–H and O–H groups in total. The third-order valence-corrected chi connectivity index (χ3v) is 6.68. The molecule has 3 atom stereocenters. The lowest BCUT2D eigenvalue weighted by Crippen LogP contribution is -2.58. The van der Waals surface area contributed by atoms with Crippen LogP contribution < -0.4 is 19.6 Å². The van der Waals surface area contributed by atoms with E-state index >= 15 is 0 Å². The summed E-state index contributed by atoms with van der Waals surface area (Å²) in [6.45, 7) is 3.25. The van der Waals surface area contributed by atoms with E-state index in [9.17, 15) is 19.7 Å². The van der Waals surface area contributed by atoms with E-state index < -0.39 is 22.6 Å². The zero-order valence-electron chi connectivity index (χ0n) is 16.6. The number of carbonyl (C=O) groups is 1. The molecule has 0 saturated carbocycles. The molecule has 0 spiro atoms. The summed E-state index contributed by atoms with van der Waals surface area (Å²) in [5.74, 6) is -0.157. The molecule has 31 heavy (non-hydrogen) atoms. The van der Waals surface area contributed by atoms with Crippen LogP contribution in [0.1, 0.15) is 31.0 Å². The van der Waals surface area contributed by atoms with E-state index in [0.29, 0.717) is 20.6 Å². The molecule has 8 nitrogen and oxygen atoms in total. The topological polar surface area (TPSA) is 104 Å². The molecule has 2 aromatic carbocycles. The van der Waals surface area contributed by atoms with Crippen LogP contribution in [0.25, 0.3) is 6.08 Å². The van der Waals surface area contributed by atoms with Gasteiger partial charge in [0.25, 0.3) is 11.2 Å². The van der Waals surface area contributed by atoms with E-state index in [4.69, 9.17) is 4.74 Å². The Kier molecular flexibility index (Phi) is 4.19. The Morgan fingerprint density at radius 2 is 2.06 bits per heavy atom. The molecule has 2 aliphatic heterocycles. The molecule has 3 aromatic rings. The largest absolute Gasteiger partial charge is 0.465 e. The van der Waals surface area contributed by atoms with Gasteiger partial charge < -0.3 is 4.74 Å². The van der Waals surface area contributed by atoms with Crippen LogP contribution in [0.3, 0.4) is 0 Å². The number of ether oxygens (including phenoxy) is 1. The minimum atomic E-state index is -1.12. The Labute approximate surface area is 179 Å². The molecule has 3 heterocycles. The quantitative estimate of drug-likeness (QED) is 0.463. The molecule has 156 valence electrons. The predicted octanol–water partition coefficient (Wildman–Crippen LogP) is 2.18. The number of ketones is 1. The van der Waals surface area contributed by atoms with Gasteiger partial charge in [-0.3, -0.25) is 24.3 Å². The monoisotopic (exact) mass is 435 g/mol. The molecule has 2 bridgehead atoms. The van der Waals surface area contributed by atoms with Crippen molar-refractivity contribution in [1.82, 2.24) is 4.57 Å². The van der Waals surface area contributed by atoms with Crippen molar-refractivity contribution in [2.75, 3.05) is 0 Å². The number of aromatic nitrogens is 1. The fourth-order valence-electron chi connectivity index (χ4n) is 4.44. The summed E-state index contributed by atoms with van der Waals surface area (Å²) >= 11 is 1.18. The first-order valence-electron chi connectivity index (χ1n) is 9.64. The number of hydrogen-bond donors (Lipinski definition) is 0. The summed E-state index contributed by atoms with van der Waals surface area (Å²) < 4.78 is 8.09. The van der Waals surface area contributed by atoms with E-state index in [1.165, 1.54) is 30.4 Å². The van der Waals surface area contributed by atoms with E-state index in [-0.39, 0.29) is 17.0 Å². The van der Waals surface area contributed by atoms with Crippen LogP contribution in [-0.2, 0) is 4.79 Å². The molecule has 0 saturated heterocycles. The van der Waals surface area contributed by atoms with Crippen LogP contribution in [0, 0.1) is 16.0 Å². The number of hydrogen-bond acceptors (Lipinski definition) is 7. The fraction of sp³-hybridized carbons (Fsp3) is 0.227. The minimum Gasteiger partial charge on any atom is -0.465 e. The standard InChI is InChI=1S/C22H17N3O5S/c1-12(26)18-19-15-8-3-4-9-16(15)30-22(18,2)23-21-24(19)20(27)17(31-21)11-13-6-5-7-14(10-13)25(28)29/h3-11,18-19H,1-2H3/b17-11-/t18-,19+,22-/m0/s1. The lowest BCUT2D eigenvalue weighted by Gasteiger charge is -2.45. The average Bonchev–Trinajstić information content (AvgIpc) is 3.01. The van der Waals surface area contributed by atoms with Crippen LogP contribution in [0.4, 0.5) is 5.69 Å². The zero-order valence-corrected chi connectivity index (χ0v) is 17.5. The van der Waals surface area contributed by atoms with Crippen molar-refractivity contribution in [3.63, 3.8) is 0 Å². The van der Waals surface area contributed by atoms with Gasteiger partial charge >= 0.3 is 0 Å². The Bertz CT molecular complexity index is 1440. The number of rotatable bonds is 3. The second kappa shape index (κ2) is 6.71. The number of para-hydroxylation sites is 1. The van der Waals surface area contributed by atoms with Gasteiger partial charge in [-0.05, 0) is 31.6 Å². The summed E-state index contributed by atoms with van der Waals surface area (Å²) in [5.41, 5.74) is -0.157. The van der Waals surface area contributed by atoms with E-state index in [1.54, 1.807) is 29.7 Å². The highest BCUT2D eigenvalue weighted by Gasteiger charge is 2.53. The number of nitro groups is 1. The van der Waals surface area contributed by atoms with E-state index in [2.05, 4.69) is 4.99 Å². The smallest absolute Gasteiger partial charge is 0.270 e. The highest BCUT2D eigenvalue weighted by Crippen LogP contribution is 2.47. The summed E-state index contributed by atoms with van der Waals surface area (Å²) in [6, 6.07) is 12.9. The Balaban J connectivity index is 1.77. The third-order valence-electron chi connectivity index (χ3n) is 5.70. The lowest BCUT2D eigenvalue weighted by molar-refractivity contribution is -0.384. The Morgan fingerprint density at radius 3 is 2.81 bits per heavy atom. The number of nitro benzene ring substituents is 1. The van der Waals surface area contributed by atoms with E-state index in [0.717, 1.165) is 5.56 Å². The normalized spacial score (nSPS) is 23.9. The van der Waals surface area contributed by atoms with Crippen LogP contribution in [0.5, 0.6) is 5.75 Å². The lowest BCUT2D eigenvalue weighted by atomic mass is 9.79. The molecule has 9 heteroatoms. The average molecular weight is 435 g/mol. The van der Waals surface area contributed by atoms with Crippen molar-refractivity contribution in [2.24, 2.45) is 10.9 Å². The van der Waals surface area contributed by atoms with Crippen LogP contribution in [0.2, 0.25) is 0 Å². The summed E-state index contributed by atoms with van der Waals surface area (Å²) in [5, 5.41) is 11.1. The predicted molar refractivity (Wildman–Crippen MR) is 114 cm³/mol. The minimum absolute atomic E-state index is 0.0535. The number of thiazole rings is 1. The van der Waals surface area contributed by atoms with Crippen molar-refractivity contribution in [2.45, 2.75) is 25.6 Å². The maximum atomic E-state index is 13.4. The number of non-ortho nitro benzene ring substituents is 1. The molecule has 0 aliphatic carbocycles. The highest BCUT2D eigenvalue weighted by atomic mass is 32.1. The number of nitrogens with zero attached hydrogens (tertiary/aromatic N) is 3. The number of benzene rings is 2. The van der Waals surface area contributed by atoms with Crippen molar-refractivity contribution in [3.05, 3.63) is 89.5 Å². The van der Waals surface area contributed by atoms with Crippen molar-refractivity contribution in [3.8, 4) is 5.75 Å². The number of Topliss-reactive ketones (excluding diaryl/α,β-unsaturated/α-hetero) is 1. The van der Waals surface area contributed by atoms with Crippen molar-refractivity contribution in [1.29, 1.82) is 0 Å². The molecular formula is C22H17N3O5S. The summed E-state index contributed by atoms with van der Waals surface area (Å²) in [6.07, 6.45) is 1.61. The molecule has 1 aromatic heterocycles.